The fourth-order valence-electron chi connectivity index (χ4n) is 1.64. The molecular weight excluding hydrogens is 306 g/mol. The van der Waals surface area contributed by atoms with Gasteiger partial charge >= 0.3 is 0 Å². The van der Waals surface area contributed by atoms with Crippen molar-refractivity contribution in [3.8, 4) is 11.8 Å². The number of benzene rings is 1. The van der Waals surface area contributed by atoms with E-state index in [4.69, 9.17) is 5.11 Å². The monoisotopic (exact) mass is 321 g/mol. The van der Waals surface area contributed by atoms with Crippen molar-refractivity contribution in [2.45, 2.75) is 17.6 Å². The molecule has 0 aliphatic rings. The summed E-state index contributed by atoms with van der Waals surface area (Å²) in [6.07, 6.45) is 0.393. The molecule has 0 atom stereocenters. The van der Waals surface area contributed by atoms with Crippen molar-refractivity contribution < 1.29 is 13.5 Å². The minimum Gasteiger partial charge on any atom is -0.395 e. The highest BCUT2D eigenvalue weighted by molar-refractivity contribution is 7.94. The molecule has 6 heteroatoms. The molecule has 0 unspecified atom stereocenters. The molecule has 2 rings (SSSR count). The normalized spacial score (nSPS) is 10.8. The second kappa shape index (κ2) is 6.76. The van der Waals surface area contributed by atoms with Gasteiger partial charge in [0.15, 0.2) is 0 Å². The van der Waals surface area contributed by atoms with Gasteiger partial charge in [-0.05, 0) is 37.3 Å². The van der Waals surface area contributed by atoms with E-state index in [-0.39, 0.29) is 10.8 Å². The summed E-state index contributed by atoms with van der Waals surface area (Å²) in [6, 6.07) is 10.2. The Balaban J connectivity index is 2.20. The maximum atomic E-state index is 12.2. The average Bonchev–Trinajstić information content (AvgIpc) is 2.87. The second-order valence-electron chi connectivity index (χ2n) is 4.33. The molecule has 0 fully saturated rings. The van der Waals surface area contributed by atoms with E-state index in [1.807, 2.05) is 6.92 Å². The summed E-state index contributed by atoms with van der Waals surface area (Å²) in [5.74, 6) is 5.67. The molecule has 2 aromatic rings. The Morgan fingerprint density at radius 2 is 2.10 bits per heavy atom. The van der Waals surface area contributed by atoms with E-state index < -0.39 is 10.0 Å². The number of aliphatic hydroxyl groups is 1. The standard InChI is InChI=1S/C15H15NO3S2/c1-12-8-9-15(20-12)21(18,19)16-14-7-4-6-13(11-14)5-2-3-10-17/h4,6-9,11,16-17H,3,10H2,1H3. The number of anilines is 1. The summed E-state index contributed by atoms with van der Waals surface area (Å²) in [6.45, 7) is 1.87. The van der Waals surface area contributed by atoms with Gasteiger partial charge in [-0.15, -0.1) is 11.3 Å². The maximum Gasteiger partial charge on any atom is 0.271 e. The van der Waals surface area contributed by atoms with Gasteiger partial charge in [-0.25, -0.2) is 8.42 Å². The van der Waals surface area contributed by atoms with Crippen molar-refractivity contribution in [2.24, 2.45) is 0 Å². The molecule has 21 heavy (non-hydrogen) atoms. The number of aliphatic hydroxyl groups excluding tert-OH is 1. The Labute approximate surface area is 128 Å². The van der Waals surface area contributed by atoms with E-state index in [0.29, 0.717) is 17.7 Å². The van der Waals surface area contributed by atoms with Gasteiger partial charge in [-0.3, -0.25) is 4.72 Å². The fraction of sp³-hybridized carbons (Fsp3) is 0.200. The molecule has 0 saturated heterocycles. The van der Waals surface area contributed by atoms with E-state index in [9.17, 15) is 8.42 Å². The van der Waals surface area contributed by atoms with E-state index in [1.165, 1.54) is 11.3 Å². The lowest BCUT2D eigenvalue weighted by Crippen LogP contribution is -2.11. The lowest BCUT2D eigenvalue weighted by Gasteiger charge is -2.06. The van der Waals surface area contributed by atoms with E-state index in [2.05, 4.69) is 16.6 Å². The van der Waals surface area contributed by atoms with Crippen molar-refractivity contribution >= 4 is 27.0 Å². The molecule has 0 radical (unpaired) electrons. The molecule has 1 heterocycles. The quantitative estimate of drug-likeness (QED) is 0.851. The minimum atomic E-state index is -3.55. The van der Waals surface area contributed by atoms with Crippen LogP contribution in [0.2, 0.25) is 0 Å². The van der Waals surface area contributed by atoms with Gasteiger partial charge < -0.3 is 5.11 Å². The molecule has 0 bridgehead atoms. The van der Waals surface area contributed by atoms with E-state index in [1.54, 1.807) is 36.4 Å². The highest BCUT2D eigenvalue weighted by atomic mass is 32.2. The van der Waals surface area contributed by atoms with Crippen LogP contribution in [-0.2, 0) is 10.0 Å². The third-order valence-corrected chi connectivity index (χ3v) is 5.44. The van der Waals surface area contributed by atoms with Gasteiger partial charge in [0.2, 0.25) is 0 Å². The summed E-state index contributed by atoms with van der Waals surface area (Å²) in [4.78, 5) is 0.944. The third-order valence-electron chi connectivity index (χ3n) is 2.56. The Morgan fingerprint density at radius 3 is 2.76 bits per heavy atom. The Hall–Kier alpha value is -1.81. The first-order valence-electron chi connectivity index (χ1n) is 6.30. The van der Waals surface area contributed by atoms with Crippen LogP contribution in [0.5, 0.6) is 0 Å². The Kier molecular flexibility index (Phi) is 5.02. The lowest BCUT2D eigenvalue weighted by atomic mass is 10.2. The van der Waals surface area contributed by atoms with Crippen molar-refractivity contribution in [1.82, 2.24) is 0 Å². The van der Waals surface area contributed by atoms with Gasteiger partial charge in [-0.1, -0.05) is 17.9 Å². The number of hydrogen-bond acceptors (Lipinski definition) is 4. The minimum absolute atomic E-state index is 0.0110. The second-order valence-corrected chi connectivity index (χ2v) is 7.52. The molecule has 0 aliphatic carbocycles. The molecule has 2 N–H and O–H groups in total. The van der Waals surface area contributed by atoms with Crippen LogP contribution in [0.15, 0.2) is 40.6 Å². The van der Waals surface area contributed by atoms with Crippen LogP contribution in [0.25, 0.3) is 0 Å². The summed E-state index contributed by atoms with van der Waals surface area (Å²) in [5.41, 5.74) is 1.17. The van der Waals surface area contributed by atoms with Crippen LogP contribution in [0.3, 0.4) is 0 Å². The highest BCUT2D eigenvalue weighted by Gasteiger charge is 2.16. The summed E-state index contributed by atoms with van der Waals surface area (Å²) < 4.78 is 27.3. The molecule has 4 nitrogen and oxygen atoms in total. The molecule has 1 aromatic heterocycles. The molecule has 0 spiro atoms. The zero-order valence-corrected chi connectivity index (χ0v) is 13.1. The van der Waals surface area contributed by atoms with Crippen LogP contribution in [-0.4, -0.2) is 20.1 Å². The number of aryl methyl sites for hydroxylation is 1. The first-order valence-corrected chi connectivity index (χ1v) is 8.60. The topological polar surface area (TPSA) is 66.4 Å². The summed E-state index contributed by atoms with van der Waals surface area (Å²) >= 11 is 1.23. The van der Waals surface area contributed by atoms with Crippen LogP contribution in [0, 0.1) is 18.8 Å². The fourth-order valence-corrected chi connectivity index (χ4v) is 3.98. The first kappa shape index (κ1) is 15.6. The predicted octanol–water partition coefficient (Wildman–Crippen LogP) is 2.59. The lowest BCUT2D eigenvalue weighted by molar-refractivity contribution is 0.305. The largest absolute Gasteiger partial charge is 0.395 e. The highest BCUT2D eigenvalue weighted by Crippen LogP contribution is 2.23. The Bertz CT molecular complexity index is 782. The van der Waals surface area contributed by atoms with Gasteiger partial charge in [0.05, 0.1) is 12.3 Å². The zero-order valence-electron chi connectivity index (χ0n) is 11.5. The third kappa shape index (κ3) is 4.33. The number of nitrogens with one attached hydrogen (secondary N) is 1. The predicted molar refractivity (Wildman–Crippen MR) is 84.9 cm³/mol. The van der Waals surface area contributed by atoms with Crippen molar-refractivity contribution in [3.05, 3.63) is 46.8 Å². The Morgan fingerprint density at radius 1 is 1.29 bits per heavy atom. The molecule has 0 amide bonds. The summed E-state index contributed by atoms with van der Waals surface area (Å²) in [7, 11) is -3.55. The zero-order chi connectivity index (χ0) is 15.3. The van der Waals surface area contributed by atoms with Gasteiger partial charge in [0.1, 0.15) is 4.21 Å². The number of hydrogen-bond donors (Lipinski definition) is 2. The molecule has 0 saturated carbocycles. The molecule has 1 aromatic carbocycles. The maximum absolute atomic E-state index is 12.2. The van der Waals surface area contributed by atoms with E-state index >= 15 is 0 Å². The average molecular weight is 321 g/mol. The van der Waals surface area contributed by atoms with Crippen LogP contribution in [0.1, 0.15) is 16.9 Å². The van der Waals surface area contributed by atoms with Crippen LogP contribution >= 0.6 is 11.3 Å². The van der Waals surface area contributed by atoms with Crippen molar-refractivity contribution in [1.29, 1.82) is 0 Å². The number of sulfonamides is 1. The van der Waals surface area contributed by atoms with E-state index in [0.717, 1.165) is 4.88 Å². The van der Waals surface area contributed by atoms with Crippen molar-refractivity contribution in [3.63, 3.8) is 0 Å². The van der Waals surface area contributed by atoms with Crippen molar-refractivity contribution in [2.75, 3.05) is 11.3 Å². The first-order chi connectivity index (χ1) is 10.0. The smallest absolute Gasteiger partial charge is 0.271 e. The number of thiophene rings is 1. The summed E-state index contributed by atoms with van der Waals surface area (Å²) in [5, 5.41) is 8.69. The molecule has 0 aliphatic heterocycles. The van der Waals surface area contributed by atoms with Crippen LogP contribution < -0.4 is 4.72 Å². The number of rotatable bonds is 4. The van der Waals surface area contributed by atoms with Gasteiger partial charge in [0, 0.05) is 16.9 Å². The molecular formula is C15H15NO3S2. The SMILES string of the molecule is Cc1ccc(S(=O)(=O)Nc2cccc(C#CCCO)c2)s1. The van der Waals surface area contributed by atoms with Gasteiger partial charge in [0.25, 0.3) is 10.0 Å². The molecule has 110 valence electrons. The van der Waals surface area contributed by atoms with Gasteiger partial charge in [-0.2, -0.15) is 0 Å². The van der Waals surface area contributed by atoms with Crippen LogP contribution in [0.4, 0.5) is 5.69 Å².